The first kappa shape index (κ1) is 21.5. The van der Waals surface area contributed by atoms with E-state index >= 15 is 0 Å². The molecular weight excluding hydrogens is 434 g/mol. The summed E-state index contributed by atoms with van der Waals surface area (Å²) < 4.78 is 5.48. The third kappa shape index (κ3) is 4.84. The molecule has 5 rings (SSSR count). The minimum Gasteiger partial charge on any atom is -0.378 e. The molecule has 4 heterocycles. The predicted molar refractivity (Wildman–Crippen MR) is 129 cm³/mol. The highest BCUT2D eigenvalue weighted by Gasteiger charge is 2.22. The van der Waals surface area contributed by atoms with Crippen LogP contribution in [0.3, 0.4) is 0 Å². The van der Waals surface area contributed by atoms with Gasteiger partial charge < -0.3 is 19.9 Å². The van der Waals surface area contributed by atoms with Crippen molar-refractivity contribution < 1.29 is 9.53 Å². The van der Waals surface area contributed by atoms with E-state index in [1.807, 2.05) is 31.2 Å². The normalized spacial score (nSPS) is 14.0. The molecule has 11 nitrogen and oxygen atoms in total. The maximum Gasteiger partial charge on any atom is 0.291 e. The zero-order chi connectivity index (χ0) is 23.3. The quantitative estimate of drug-likeness (QED) is 0.297. The van der Waals surface area contributed by atoms with E-state index < -0.39 is 5.91 Å². The van der Waals surface area contributed by atoms with Crippen molar-refractivity contribution in [2.24, 2.45) is 5.10 Å². The van der Waals surface area contributed by atoms with Crippen LogP contribution in [-0.4, -0.2) is 63.3 Å². The maximum absolute atomic E-state index is 12.8. The van der Waals surface area contributed by atoms with Crippen LogP contribution in [0.1, 0.15) is 21.7 Å². The third-order valence-corrected chi connectivity index (χ3v) is 5.20. The number of pyridine rings is 1. The minimum absolute atomic E-state index is 0.128. The van der Waals surface area contributed by atoms with Crippen LogP contribution in [0.15, 0.2) is 53.9 Å². The molecule has 0 unspecified atom stereocenters. The molecular formula is C23H23N9O2. The van der Waals surface area contributed by atoms with Crippen LogP contribution in [0.4, 0.5) is 17.5 Å². The largest absolute Gasteiger partial charge is 0.378 e. The van der Waals surface area contributed by atoms with Gasteiger partial charge in [0.25, 0.3) is 5.91 Å². The van der Waals surface area contributed by atoms with Gasteiger partial charge in [0.15, 0.2) is 17.3 Å². The summed E-state index contributed by atoms with van der Waals surface area (Å²) in [6, 6.07) is 11.5. The molecule has 0 aliphatic carbocycles. The lowest BCUT2D eigenvalue weighted by molar-refractivity contribution is 0.101. The van der Waals surface area contributed by atoms with Crippen LogP contribution in [0.5, 0.6) is 0 Å². The van der Waals surface area contributed by atoms with Gasteiger partial charge in [0.05, 0.1) is 31.3 Å². The first-order valence-corrected chi connectivity index (χ1v) is 10.8. The molecule has 0 atom stereocenters. The fraction of sp³-hybridized carbons (Fsp3) is 0.217. The number of imidazole rings is 1. The Morgan fingerprint density at radius 3 is 2.85 bits per heavy atom. The number of nitrogens with one attached hydrogen (secondary N) is 3. The number of aromatic amines is 1. The lowest BCUT2D eigenvalue weighted by atomic mass is 10.2. The number of nitrogens with zero attached hydrogens (tertiary/aromatic N) is 6. The Morgan fingerprint density at radius 2 is 2.06 bits per heavy atom. The predicted octanol–water partition coefficient (Wildman–Crippen LogP) is 2.59. The monoisotopic (exact) mass is 457 g/mol. The van der Waals surface area contributed by atoms with Crippen LogP contribution in [0.25, 0.3) is 11.2 Å². The lowest BCUT2D eigenvalue weighted by Crippen LogP contribution is -2.37. The fourth-order valence-electron chi connectivity index (χ4n) is 3.59. The number of hydrogen-bond acceptors (Lipinski definition) is 9. The van der Waals surface area contributed by atoms with Gasteiger partial charge in [0, 0.05) is 19.3 Å². The van der Waals surface area contributed by atoms with Crippen molar-refractivity contribution in [2.45, 2.75) is 6.92 Å². The van der Waals surface area contributed by atoms with E-state index in [1.54, 1.807) is 30.7 Å². The highest BCUT2D eigenvalue weighted by atomic mass is 16.5. The molecule has 0 saturated carbocycles. The molecule has 0 spiro atoms. The van der Waals surface area contributed by atoms with Crippen molar-refractivity contribution in [3.63, 3.8) is 0 Å². The van der Waals surface area contributed by atoms with Gasteiger partial charge in [0.2, 0.25) is 5.95 Å². The zero-order valence-corrected chi connectivity index (χ0v) is 18.5. The van der Waals surface area contributed by atoms with Crippen LogP contribution in [-0.2, 0) is 4.74 Å². The second-order valence-corrected chi connectivity index (χ2v) is 7.73. The van der Waals surface area contributed by atoms with E-state index in [1.165, 1.54) is 0 Å². The molecule has 1 amide bonds. The average Bonchev–Trinajstić information content (AvgIpc) is 3.29. The second kappa shape index (κ2) is 9.63. The Kier molecular flexibility index (Phi) is 6.08. The van der Waals surface area contributed by atoms with Crippen LogP contribution in [0.2, 0.25) is 0 Å². The first-order chi connectivity index (χ1) is 16.7. The summed E-state index contributed by atoms with van der Waals surface area (Å²) >= 11 is 0. The van der Waals surface area contributed by atoms with Gasteiger partial charge in [-0.25, -0.2) is 10.4 Å². The number of fused-ring (bicyclic) bond motifs is 1. The van der Waals surface area contributed by atoms with Crippen LogP contribution in [0, 0.1) is 6.92 Å². The molecule has 4 aromatic rings. The number of amides is 1. The Morgan fingerprint density at radius 1 is 1.18 bits per heavy atom. The van der Waals surface area contributed by atoms with E-state index in [-0.39, 0.29) is 11.8 Å². The number of hydrogen-bond donors (Lipinski definition) is 3. The molecule has 1 aliphatic heterocycles. The molecule has 1 aromatic carbocycles. The Labute approximate surface area is 195 Å². The summed E-state index contributed by atoms with van der Waals surface area (Å²) in [5.41, 5.74) is 6.49. The second-order valence-electron chi connectivity index (χ2n) is 7.73. The van der Waals surface area contributed by atoms with E-state index in [9.17, 15) is 4.79 Å². The third-order valence-electron chi connectivity index (χ3n) is 5.20. The summed E-state index contributed by atoms with van der Waals surface area (Å²) in [7, 11) is 0. The van der Waals surface area contributed by atoms with Crippen molar-refractivity contribution in [1.82, 2.24) is 24.9 Å². The van der Waals surface area contributed by atoms with Crippen LogP contribution >= 0.6 is 0 Å². The number of morpholine rings is 1. The van der Waals surface area contributed by atoms with Crippen LogP contribution < -0.4 is 15.6 Å². The number of H-pyrrole nitrogens is 1. The number of anilines is 3. The van der Waals surface area contributed by atoms with Crippen molar-refractivity contribution in [2.75, 3.05) is 41.9 Å². The lowest BCUT2D eigenvalue weighted by Gasteiger charge is -2.28. The summed E-state index contributed by atoms with van der Waals surface area (Å²) in [5.74, 6) is 0.645. The number of carbonyl (C=O) groups is 1. The molecule has 3 aromatic heterocycles. The number of carbonyl (C=O) groups excluding carboxylic acids is 1. The van der Waals surface area contributed by atoms with Gasteiger partial charge in [-0.05, 0) is 24.6 Å². The summed E-state index contributed by atoms with van der Waals surface area (Å²) in [5, 5.41) is 7.05. The molecule has 1 fully saturated rings. The fourth-order valence-corrected chi connectivity index (χ4v) is 3.59. The van der Waals surface area contributed by atoms with Gasteiger partial charge in [0.1, 0.15) is 5.52 Å². The minimum atomic E-state index is -0.397. The summed E-state index contributed by atoms with van der Waals surface area (Å²) in [4.78, 5) is 35.4. The Bertz CT molecular complexity index is 1330. The smallest absolute Gasteiger partial charge is 0.291 e. The van der Waals surface area contributed by atoms with Crippen molar-refractivity contribution >= 4 is 40.7 Å². The summed E-state index contributed by atoms with van der Waals surface area (Å²) in [6.07, 6.45) is 4.90. The maximum atomic E-state index is 12.8. The molecule has 0 bridgehead atoms. The highest BCUT2D eigenvalue weighted by molar-refractivity contribution is 6.04. The van der Waals surface area contributed by atoms with Crippen molar-refractivity contribution in [3.05, 3.63) is 65.7 Å². The molecule has 1 saturated heterocycles. The van der Waals surface area contributed by atoms with Gasteiger partial charge in [-0.15, -0.1) is 0 Å². The Hall–Kier alpha value is -4.38. The average molecular weight is 457 g/mol. The van der Waals surface area contributed by atoms with Gasteiger partial charge >= 0.3 is 0 Å². The number of ether oxygens (including phenoxy) is 1. The zero-order valence-electron chi connectivity index (χ0n) is 18.5. The number of aryl methyl sites for hydroxylation is 1. The molecule has 172 valence electrons. The molecule has 3 N–H and O–H groups in total. The molecule has 0 radical (unpaired) electrons. The number of rotatable bonds is 6. The van der Waals surface area contributed by atoms with E-state index in [4.69, 9.17) is 4.74 Å². The van der Waals surface area contributed by atoms with Gasteiger partial charge in [-0.2, -0.15) is 15.1 Å². The van der Waals surface area contributed by atoms with Gasteiger partial charge in [-0.3, -0.25) is 9.78 Å². The van der Waals surface area contributed by atoms with E-state index in [0.717, 1.165) is 11.1 Å². The standard InChI is InChI=1S/C23H23N9O2/c1-15-4-2-5-16(12-15)13-25-31-23-29-19-18(21(30-23)32-8-10-34-11-9-32)27-20(28-19)22(33)26-17-6-3-7-24-14-17/h2-7,12-14H,8-11H2,1H3,(H,26,33)(H2,27,28,29,30,31)/b25-13+. The van der Waals surface area contributed by atoms with E-state index in [0.29, 0.717) is 49.0 Å². The summed E-state index contributed by atoms with van der Waals surface area (Å²) in [6.45, 7) is 4.52. The van der Waals surface area contributed by atoms with Gasteiger partial charge in [-0.1, -0.05) is 29.8 Å². The first-order valence-electron chi connectivity index (χ1n) is 10.8. The van der Waals surface area contributed by atoms with Crippen molar-refractivity contribution in [3.8, 4) is 0 Å². The molecule has 11 heteroatoms. The van der Waals surface area contributed by atoms with E-state index in [2.05, 4.69) is 45.7 Å². The number of aromatic nitrogens is 5. The molecule has 1 aliphatic rings. The van der Waals surface area contributed by atoms with Crippen molar-refractivity contribution in [1.29, 1.82) is 0 Å². The highest BCUT2D eigenvalue weighted by Crippen LogP contribution is 2.25. The SMILES string of the molecule is Cc1cccc(/C=N/Nc2nc(N3CCOCC3)c3[nH]c(C(=O)Nc4cccnc4)nc3n2)c1. The topological polar surface area (TPSA) is 133 Å². The number of hydrazone groups is 1. The number of benzene rings is 1. The Balaban J connectivity index is 1.45. The molecule has 34 heavy (non-hydrogen) atoms.